The van der Waals surface area contributed by atoms with Gasteiger partial charge in [0.25, 0.3) is 17.7 Å². The summed E-state index contributed by atoms with van der Waals surface area (Å²) >= 11 is 5.94. The summed E-state index contributed by atoms with van der Waals surface area (Å²) in [5.74, 6) is -2.35. The number of anilines is 1. The summed E-state index contributed by atoms with van der Waals surface area (Å²) in [7, 11) is 0. The number of primary amides is 1. The Balaban J connectivity index is 1.75. The second kappa shape index (κ2) is 11.6. The van der Waals surface area contributed by atoms with Crippen LogP contribution in [0.4, 0.5) is 10.1 Å². The summed E-state index contributed by atoms with van der Waals surface area (Å²) in [5.41, 5.74) is 6.50. The fraction of sp³-hybridized carbons (Fsp3) is 0.250. The summed E-state index contributed by atoms with van der Waals surface area (Å²) < 4.78 is 14.6. The van der Waals surface area contributed by atoms with E-state index in [1.54, 1.807) is 24.3 Å². The summed E-state index contributed by atoms with van der Waals surface area (Å²) in [6.07, 6.45) is 1.34. The second-order valence-electron chi connectivity index (χ2n) is 7.58. The van der Waals surface area contributed by atoms with Gasteiger partial charge in [0.1, 0.15) is 17.8 Å². The van der Waals surface area contributed by atoms with Crippen LogP contribution in [0.5, 0.6) is 0 Å². The molecule has 9 nitrogen and oxygen atoms in total. The Kier molecular flexibility index (Phi) is 8.56. The van der Waals surface area contributed by atoms with Crippen LogP contribution < -0.4 is 16.4 Å². The van der Waals surface area contributed by atoms with E-state index >= 15 is 0 Å². The lowest BCUT2D eigenvalue weighted by Gasteiger charge is -2.17. The minimum atomic E-state index is -0.806. The first-order valence-corrected chi connectivity index (χ1v) is 11.4. The van der Waals surface area contributed by atoms with Gasteiger partial charge in [0.2, 0.25) is 0 Å². The number of likely N-dealkylation sites (N-methyl/N-ethyl adjacent to an activating group) is 1. The van der Waals surface area contributed by atoms with Crippen molar-refractivity contribution in [1.82, 2.24) is 19.8 Å². The van der Waals surface area contributed by atoms with E-state index in [2.05, 4.69) is 20.5 Å². The van der Waals surface area contributed by atoms with Gasteiger partial charge in [-0.3, -0.25) is 19.0 Å². The molecule has 0 spiro atoms. The Hall–Kier alpha value is -3.76. The van der Waals surface area contributed by atoms with Gasteiger partial charge in [-0.1, -0.05) is 25.4 Å². The first-order chi connectivity index (χ1) is 16.7. The van der Waals surface area contributed by atoms with E-state index in [-0.39, 0.29) is 22.0 Å². The zero-order valence-corrected chi connectivity index (χ0v) is 20.1. The maximum Gasteiger partial charge on any atom is 0.272 e. The molecule has 0 bridgehead atoms. The molecule has 0 aliphatic carbocycles. The van der Waals surface area contributed by atoms with Gasteiger partial charge in [0.05, 0.1) is 10.6 Å². The van der Waals surface area contributed by atoms with Crippen molar-refractivity contribution in [3.63, 3.8) is 0 Å². The molecular formula is C24H26ClFN6O3. The summed E-state index contributed by atoms with van der Waals surface area (Å²) in [6.45, 7) is 6.86. The largest absolute Gasteiger partial charge is 0.364 e. The number of nitrogens with two attached hydrogens (primary N) is 1. The number of nitrogens with zero attached hydrogens (tertiary/aromatic N) is 3. The number of hydrogen-bond acceptors (Lipinski definition) is 5. The SMILES string of the molecule is CCN(CC)CCNC(=O)c1ncn(-c2ccc(NC(=O)c3ccc(F)cc3Cl)cc2)c1C(N)=O. The van der Waals surface area contributed by atoms with E-state index in [1.165, 1.54) is 17.0 Å². The van der Waals surface area contributed by atoms with E-state index < -0.39 is 23.5 Å². The van der Waals surface area contributed by atoms with Gasteiger partial charge in [-0.05, 0) is 55.6 Å². The molecule has 3 rings (SSSR count). The van der Waals surface area contributed by atoms with Crippen molar-refractivity contribution in [1.29, 1.82) is 0 Å². The van der Waals surface area contributed by atoms with E-state index in [1.807, 2.05) is 13.8 Å². The average molecular weight is 501 g/mol. The number of amides is 3. The number of rotatable bonds is 10. The van der Waals surface area contributed by atoms with Gasteiger partial charge < -0.3 is 21.3 Å². The van der Waals surface area contributed by atoms with Crippen LogP contribution in [0.15, 0.2) is 48.8 Å². The Morgan fingerprint density at radius 3 is 2.37 bits per heavy atom. The first kappa shape index (κ1) is 25.9. The molecular weight excluding hydrogens is 475 g/mol. The van der Waals surface area contributed by atoms with Crippen LogP contribution in [-0.2, 0) is 0 Å². The summed E-state index contributed by atoms with van der Waals surface area (Å²) in [6, 6.07) is 9.93. The quantitative estimate of drug-likeness (QED) is 0.395. The lowest BCUT2D eigenvalue weighted by Crippen LogP contribution is -2.35. The minimum absolute atomic E-state index is 0.00784. The predicted molar refractivity (Wildman–Crippen MR) is 132 cm³/mol. The van der Waals surface area contributed by atoms with E-state index in [9.17, 15) is 18.8 Å². The number of carbonyl (C=O) groups excluding carboxylic acids is 3. The lowest BCUT2D eigenvalue weighted by atomic mass is 10.2. The molecule has 0 saturated heterocycles. The maximum absolute atomic E-state index is 13.2. The highest BCUT2D eigenvalue weighted by Crippen LogP contribution is 2.21. The molecule has 0 radical (unpaired) electrons. The van der Waals surface area contributed by atoms with Gasteiger partial charge in [-0.15, -0.1) is 0 Å². The van der Waals surface area contributed by atoms with E-state index in [0.717, 1.165) is 25.2 Å². The van der Waals surface area contributed by atoms with Crippen molar-refractivity contribution < 1.29 is 18.8 Å². The highest BCUT2D eigenvalue weighted by Gasteiger charge is 2.23. The molecule has 0 atom stereocenters. The molecule has 0 fully saturated rings. The third kappa shape index (κ3) is 6.23. The molecule has 3 amide bonds. The molecule has 35 heavy (non-hydrogen) atoms. The van der Waals surface area contributed by atoms with Crippen molar-refractivity contribution in [2.75, 3.05) is 31.5 Å². The van der Waals surface area contributed by atoms with Crippen LogP contribution >= 0.6 is 11.6 Å². The molecule has 3 aromatic rings. The van der Waals surface area contributed by atoms with Crippen LogP contribution in [0.1, 0.15) is 45.2 Å². The molecule has 0 saturated carbocycles. The predicted octanol–water partition coefficient (Wildman–Crippen LogP) is 3.09. The van der Waals surface area contributed by atoms with Crippen LogP contribution in [0, 0.1) is 5.82 Å². The fourth-order valence-electron chi connectivity index (χ4n) is 3.47. The Morgan fingerprint density at radius 1 is 1.09 bits per heavy atom. The molecule has 0 aliphatic rings. The Morgan fingerprint density at radius 2 is 1.77 bits per heavy atom. The molecule has 2 aromatic carbocycles. The van der Waals surface area contributed by atoms with Gasteiger partial charge in [-0.25, -0.2) is 9.37 Å². The zero-order chi connectivity index (χ0) is 25.5. The number of aromatic nitrogens is 2. The number of carbonyl (C=O) groups is 3. The van der Waals surface area contributed by atoms with Crippen molar-refractivity contribution in [3.05, 3.63) is 76.6 Å². The van der Waals surface area contributed by atoms with Crippen LogP contribution in [0.2, 0.25) is 5.02 Å². The van der Waals surface area contributed by atoms with Crippen LogP contribution in [0.25, 0.3) is 5.69 Å². The third-order valence-electron chi connectivity index (χ3n) is 5.40. The molecule has 1 heterocycles. The number of imidazole rings is 1. The number of halogens is 2. The van der Waals surface area contributed by atoms with Crippen molar-refractivity contribution in [3.8, 4) is 5.69 Å². The fourth-order valence-corrected chi connectivity index (χ4v) is 3.73. The Bertz CT molecular complexity index is 1220. The summed E-state index contributed by atoms with van der Waals surface area (Å²) in [4.78, 5) is 43.5. The van der Waals surface area contributed by atoms with Gasteiger partial charge in [0.15, 0.2) is 5.69 Å². The topological polar surface area (TPSA) is 122 Å². The number of hydrogen-bond donors (Lipinski definition) is 3. The van der Waals surface area contributed by atoms with Crippen molar-refractivity contribution in [2.24, 2.45) is 5.73 Å². The number of nitrogens with one attached hydrogen (secondary N) is 2. The van der Waals surface area contributed by atoms with Gasteiger partial charge >= 0.3 is 0 Å². The molecule has 4 N–H and O–H groups in total. The third-order valence-corrected chi connectivity index (χ3v) is 5.72. The molecule has 1 aromatic heterocycles. The van der Waals surface area contributed by atoms with E-state index in [4.69, 9.17) is 17.3 Å². The smallest absolute Gasteiger partial charge is 0.272 e. The highest BCUT2D eigenvalue weighted by molar-refractivity contribution is 6.34. The van der Waals surface area contributed by atoms with Crippen LogP contribution in [-0.4, -0.2) is 58.4 Å². The monoisotopic (exact) mass is 500 g/mol. The number of benzene rings is 2. The highest BCUT2D eigenvalue weighted by atomic mass is 35.5. The lowest BCUT2D eigenvalue weighted by molar-refractivity contribution is 0.0926. The van der Waals surface area contributed by atoms with E-state index in [0.29, 0.717) is 24.5 Å². The zero-order valence-electron chi connectivity index (χ0n) is 19.3. The standard InChI is InChI=1S/C24H26ClFN6O3/c1-3-31(4-2)12-11-28-24(35)20-21(22(27)33)32(14-29-20)17-8-6-16(7-9-17)30-23(34)18-10-5-15(26)13-19(18)25/h5-10,13-14H,3-4,11-12H2,1-2H3,(H2,27,33)(H,28,35)(H,30,34). The second-order valence-corrected chi connectivity index (χ2v) is 7.99. The minimum Gasteiger partial charge on any atom is -0.364 e. The molecule has 184 valence electrons. The summed E-state index contributed by atoms with van der Waals surface area (Å²) in [5, 5.41) is 5.43. The average Bonchev–Trinajstić information content (AvgIpc) is 3.28. The normalized spacial score (nSPS) is 10.9. The van der Waals surface area contributed by atoms with Gasteiger partial charge in [-0.2, -0.15) is 0 Å². The van der Waals surface area contributed by atoms with Crippen molar-refractivity contribution in [2.45, 2.75) is 13.8 Å². The molecule has 0 unspecified atom stereocenters. The molecule has 11 heteroatoms. The first-order valence-electron chi connectivity index (χ1n) is 11.0. The molecule has 0 aliphatic heterocycles. The van der Waals surface area contributed by atoms with Gasteiger partial charge in [0, 0.05) is 24.5 Å². The Labute approximate surface area is 207 Å². The maximum atomic E-state index is 13.2. The van der Waals surface area contributed by atoms with Crippen molar-refractivity contribution >= 4 is 35.0 Å². The van der Waals surface area contributed by atoms with Crippen LogP contribution in [0.3, 0.4) is 0 Å².